The quantitative estimate of drug-likeness (QED) is 0.0974. The summed E-state index contributed by atoms with van der Waals surface area (Å²) in [5, 5.41) is 68.4. The summed E-state index contributed by atoms with van der Waals surface area (Å²) < 4.78 is 26.5. The van der Waals surface area contributed by atoms with Gasteiger partial charge in [0.1, 0.15) is 24.4 Å². The van der Waals surface area contributed by atoms with E-state index in [1.165, 1.54) is 18.2 Å². The molecule has 14 heteroatoms. The van der Waals surface area contributed by atoms with Crippen LogP contribution in [0.2, 0.25) is 0 Å². The largest absolute Gasteiger partial charge is 0.504 e. The zero-order valence-corrected chi connectivity index (χ0v) is 21.0. The second kappa shape index (κ2) is 13.7. The van der Waals surface area contributed by atoms with E-state index in [0.717, 1.165) is 13.4 Å². The molecule has 7 N–H and O–H groups in total. The minimum Gasteiger partial charge on any atom is -0.504 e. The molecule has 0 aromatic heterocycles. The lowest BCUT2D eigenvalue weighted by Gasteiger charge is -2.41. The molecule has 1 aromatic rings. The third-order valence-corrected chi connectivity index (χ3v) is 6.29. The Morgan fingerprint density at radius 3 is 2.44 bits per heavy atom. The summed E-state index contributed by atoms with van der Waals surface area (Å²) in [6, 6.07) is 4.16. The smallest absolute Gasteiger partial charge is 0.337 e. The highest BCUT2D eigenvalue weighted by Gasteiger charge is 2.47. The second-order valence-corrected chi connectivity index (χ2v) is 8.80. The first-order chi connectivity index (χ1) is 18.6. The van der Waals surface area contributed by atoms with Gasteiger partial charge in [-0.1, -0.05) is 12.1 Å². The van der Waals surface area contributed by atoms with Gasteiger partial charge in [-0.15, -0.1) is 0 Å². The number of aromatic hydroxyl groups is 2. The Morgan fingerprint density at radius 1 is 1.05 bits per heavy atom. The lowest BCUT2D eigenvalue weighted by molar-refractivity contribution is -0.327. The van der Waals surface area contributed by atoms with Crippen LogP contribution >= 0.6 is 0 Å². The van der Waals surface area contributed by atoms with Gasteiger partial charge in [-0.2, -0.15) is 0 Å². The third-order valence-electron chi connectivity index (χ3n) is 6.29. The van der Waals surface area contributed by atoms with Gasteiger partial charge in [-0.25, -0.2) is 4.79 Å². The second-order valence-electron chi connectivity index (χ2n) is 8.80. The molecule has 14 nitrogen and oxygen atoms in total. The van der Waals surface area contributed by atoms with Crippen LogP contribution in [0, 0.1) is 5.92 Å². The summed E-state index contributed by atoms with van der Waals surface area (Å²) >= 11 is 0. The molecule has 1 saturated heterocycles. The Morgan fingerprint density at radius 2 is 1.79 bits per heavy atom. The molecule has 39 heavy (non-hydrogen) atoms. The van der Waals surface area contributed by atoms with Crippen molar-refractivity contribution in [2.45, 2.75) is 49.8 Å². The summed E-state index contributed by atoms with van der Waals surface area (Å²) in [5.74, 6) is -3.24. The zero-order valence-electron chi connectivity index (χ0n) is 21.0. The molecule has 3 rings (SSSR count). The van der Waals surface area contributed by atoms with Gasteiger partial charge in [-0.3, -0.25) is 4.79 Å². The van der Waals surface area contributed by atoms with Crippen molar-refractivity contribution in [2.75, 3.05) is 26.9 Å². The Bertz CT molecular complexity index is 1070. The molecule has 2 heterocycles. The highest BCUT2D eigenvalue weighted by molar-refractivity contribution is 5.90. The number of aliphatic hydroxyl groups excluding tert-OH is 5. The molecule has 0 spiro atoms. The van der Waals surface area contributed by atoms with Crippen molar-refractivity contribution in [1.82, 2.24) is 0 Å². The van der Waals surface area contributed by atoms with E-state index >= 15 is 0 Å². The number of phenols is 2. The number of aliphatic hydroxyl groups is 5. The van der Waals surface area contributed by atoms with Crippen molar-refractivity contribution in [2.24, 2.45) is 5.92 Å². The van der Waals surface area contributed by atoms with Gasteiger partial charge >= 0.3 is 11.9 Å². The number of ether oxygens (including phenoxy) is 5. The van der Waals surface area contributed by atoms with Crippen molar-refractivity contribution in [3.63, 3.8) is 0 Å². The minimum atomic E-state index is -1.75. The molecule has 2 aliphatic rings. The summed E-state index contributed by atoms with van der Waals surface area (Å²) in [4.78, 5) is 25.1. The van der Waals surface area contributed by atoms with E-state index in [0.29, 0.717) is 5.56 Å². The van der Waals surface area contributed by atoms with Gasteiger partial charge in [0.05, 0.1) is 45.2 Å². The predicted octanol–water partition coefficient (Wildman–Crippen LogP) is -1.66. The summed E-state index contributed by atoms with van der Waals surface area (Å²) in [5.41, 5.74) is 0.581. The molecule has 0 radical (unpaired) electrons. The average molecular weight is 557 g/mol. The van der Waals surface area contributed by atoms with Crippen LogP contribution in [0.25, 0.3) is 0 Å². The number of hydrogen-bond donors (Lipinski definition) is 7. The van der Waals surface area contributed by atoms with Crippen LogP contribution in [0.4, 0.5) is 0 Å². The minimum absolute atomic E-state index is 0.0813. The molecule has 1 fully saturated rings. The van der Waals surface area contributed by atoms with Crippen molar-refractivity contribution >= 4 is 11.9 Å². The van der Waals surface area contributed by atoms with Crippen molar-refractivity contribution in [3.05, 3.63) is 47.2 Å². The maximum Gasteiger partial charge on any atom is 0.337 e. The molecule has 1 aromatic carbocycles. The fourth-order valence-corrected chi connectivity index (χ4v) is 4.16. The number of carbonyl (C=O) groups excluding carboxylic acids is 2. The normalized spacial score (nSPS) is 29.8. The van der Waals surface area contributed by atoms with Crippen molar-refractivity contribution in [1.29, 1.82) is 0 Å². The first-order valence-electron chi connectivity index (χ1n) is 12.0. The lowest BCUT2D eigenvalue weighted by atomic mass is 9.86. The van der Waals surface area contributed by atoms with E-state index in [1.807, 2.05) is 0 Å². The van der Waals surface area contributed by atoms with E-state index in [9.17, 15) is 45.3 Å². The van der Waals surface area contributed by atoms with Crippen LogP contribution in [0.1, 0.15) is 12.0 Å². The van der Waals surface area contributed by atoms with Gasteiger partial charge in [-0.05, 0) is 17.7 Å². The van der Waals surface area contributed by atoms with Crippen LogP contribution in [0.5, 0.6) is 11.5 Å². The van der Waals surface area contributed by atoms with Gasteiger partial charge in [0.2, 0.25) is 6.29 Å². The Kier molecular flexibility index (Phi) is 10.7. The molecule has 216 valence electrons. The zero-order chi connectivity index (χ0) is 28.7. The number of rotatable bonds is 10. The molecule has 0 aliphatic carbocycles. The van der Waals surface area contributed by atoms with Crippen molar-refractivity contribution in [3.8, 4) is 11.5 Å². The van der Waals surface area contributed by atoms with Gasteiger partial charge < -0.3 is 59.4 Å². The van der Waals surface area contributed by atoms with Gasteiger partial charge in [0.15, 0.2) is 17.8 Å². The number of phenolic OH excluding ortho intramolecular Hbond substituents is 2. The maximum absolute atomic E-state index is 12.7. The standard InChI is InChI=1S/C25H32O14/c1-35-23(34)15-11-37-24(39-25-22(33)21(32)20(31)18(10-27)38-25)13(4-6-26)14(15)9-19(30)36-7-5-12-2-3-16(28)17(29)8-12/h2-4,8,11,14,18,20-22,24-29,31-33H,5-7,9-10H2,1H3. The molecule has 7 atom stereocenters. The number of carbonyl (C=O) groups is 2. The van der Waals surface area contributed by atoms with E-state index in [1.54, 1.807) is 6.07 Å². The topological polar surface area (TPSA) is 222 Å². The molecule has 2 aliphatic heterocycles. The predicted molar refractivity (Wildman–Crippen MR) is 128 cm³/mol. The van der Waals surface area contributed by atoms with Crippen LogP contribution < -0.4 is 0 Å². The monoisotopic (exact) mass is 556 g/mol. The first kappa shape index (κ1) is 30.3. The van der Waals surface area contributed by atoms with Crippen molar-refractivity contribution < 1.29 is 69.0 Å². The number of benzene rings is 1. The SMILES string of the molecule is COC(=O)C1=COC(OC2OC(CO)C(O)C(O)C2O)C(=CCO)C1CC(=O)OCCc1ccc(O)c(O)c1. The van der Waals surface area contributed by atoms with E-state index in [4.69, 9.17) is 23.7 Å². The van der Waals surface area contributed by atoms with E-state index in [2.05, 4.69) is 0 Å². The number of methoxy groups -OCH3 is 1. The Balaban J connectivity index is 1.75. The maximum atomic E-state index is 12.7. The summed E-state index contributed by atoms with van der Waals surface area (Å²) in [6.45, 7) is -1.34. The van der Waals surface area contributed by atoms with Crippen LogP contribution in [0.15, 0.2) is 41.7 Å². The molecule has 0 bridgehead atoms. The molecular weight excluding hydrogens is 524 g/mol. The van der Waals surface area contributed by atoms with Gasteiger partial charge in [0, 0.05) is 17.9 Å². The molecule has 0 amide bonds. The van der Waals surface area contributed by atoms with Gasteiger partial charge in [0.25, 0.3) is 0 Å². The fourth-order valence-electron chi connectivity index (χ4n) is 4.16. The average Bonchev–Trinajstić information content (AvgIpc) is 2.92. The molecule has 7 unspecified atom stereocenters. The number of hydrogen-bond acceptors (Lipinski definition) is 14. The highest BCUT2D eigenvalue weighted by atomic mass is 16.8. The van der Waals surface area contributed by atoms with E-state index in [-0.39, 0.29) is 35.7 Å². The van der Waals surface area contributed by atoms with Crippen LogP contribution in [0.3, 0.4) is 0 Å². The number of esters is 2. The first-order valence-corrected chi connectivity index (χ1v) is 12.0. The highest BCUT2D eigenvalue weighted by Crippen LogP contribution is 2.36. The molecular formula is C25H32O14. The molecule has 0 saturated carbocycles. The third kappa shape index (κ3) is 7.24. The Hall–Kier alpha value is -3.24. The summed E-state index contributed by atoms with van der Waals surface area (Å²) in [7, 11) is 1.12. The van der Waals surface area contributed by atoms with Crippen LogP contribution in [-0.2, 0) is 39.7 Å². The van der Waals surface area contributed by atoms with Crippen LogP contribution in [-0.4, -0.2) is 112 Å². The van der Waals surface area contributed by atoms with E-state index < -0.39 is 74.5 Å². The fraction of sp³-hybridized carbons (Fsp3) is 0.520. The summed E-state index contributed by atoms with van der Waals surface area (Å²) in [6.07, 6.45) is -7.37. The Labute approximate surface area is 222 Å². The lowest BCUT2D eigenvalue weighted by Crippen LogP contribution is -2.60.